The quantitative estimate of drug-likeness (QED) is 0.602. The lowest BCUT2D eigenvalue weighted by Crippen LogP contribution is -2.44. The predicted molar refractivity (Wildman–Crippen MR) is 96.7 cm³/mol. The van der Waals surface area contributed by atoms with Gasteiger partial charge >= 0.3 is 0 Å². The van der Waals surface area contributed by atoms with E-state index in [9.17, 15) is 4.79 Å². The van der Waals surface area contributed by atoms with Gasteiger partial charge in [-0.1, -0.05) is 11.6 Å². The summed E-state index contributed by atoms with van der Waals surface area (Å²) < 4.78 is 0. The maximum Gasteiger partial charge on any atom is 0.252 e. The van der Waals surface area contributed by atoms with Gasteiger partial charge in [-0.3, -0.25) is 4.79 Å². The van der Waals surface area contributed by atoms with E-state index in [4.69, 9.17) is 11.6 Å². The van der Waals surface area contributed by atoms with Crippen LogP contribution in [0.3, 0.4) is 0 Å². The summed E-state index contributed by atoms with van der Waals surface area (Å²) in [5.74, 6) is -0.0868. The zero-order chi connectivity index (χ0) is 15.1. The first-order valence-electron chi connectivity index (χ1n) is 7.25. The van der Waals surface area contributed by atoms with E-state index in [1.165, 1.54) is 0 Å². The highest BCUT2D eigenvalue weighted by Crippen LogP contribution is 2.22. The number of amides is 1. The molecule has 0 atom stereocenters. The second-order valence-electron chi connectivity index (χ2n) is 5.05. The second-order valence-corrected chi connectivity index (χ2v) is 6.33. The third-order valence-corrected chi connectivity index (χ3v) is 4.62. The Kier molecular flexibility index (Phi) is 9.21. The second kappa shape index (κ2) is 10.3. The third-order valence-electron chi connectivity index (χ3n) is 3.56. The fourth-order valence-corrected chi connectivity index (χ4v) is 2.98. The van der Waals surface area contributed by atoms with Gasteiger partial charge in [0.2, 0.25) is 0 Å². The van der Waals surface area contributed by atoms with Gasteiger partial charge in [0.15, 0.2) is 0 Å². The molecule has 2 N–H and O–H groups in total. The van der Waals surface area contributed by atoms with E-state index in [1.807, 2.05) is 18.4 Å². The summed E-state index contributed by atoms with van der Waals surface area (Å²) in [7, 11) is 0. The summed E-state index contributed by atoms with van der Waals surface area (Å²) in [4.78, 5) is 15.6. The van der Waals surface area contributed by atoms with E-state index in [0.29, 0.717) is 17.1 Å². The molecule has 22 heavy (non-hydrogen) atoms. The van der Waals surface area contributed by atoms with Crippen molar-refractivity contribution in [3.63, 3.8) is 0 Å². The summed E-state index contributed by atoms with van der Waals surface area (Å²) in [6.45, 7) is 6.01. The smallest absolute Gasteiger partial charge is 0.252 e. The molecule has 4 nitrogen and oxygen atoms in total. The molecule has 0 unspecified atom stereocenters. The standard InChI is InChI=1S/C15H22ClN3OS.ClH/c1-21-12-3-4-14(16)13(11-12)15(20)18-5-2-8-19-9-6-17-7-10-19;/h3-4,11,17H,2,5-10H2,1H3,(H,18,20);1H. The van der Waals surface area contributed by atoms with Crippen LogP contribution in [0.1, 0.15) is 16.8 Å². The van der Waals surface area contributed by atoms with Gasteiger partial charge in [0.05, 0.1) is 10.6 Å². The molecule has 0 bridgehead atoms. The average Bonchev–Trinajstić information content (AvgIpc) is 2.53. The Bertz CT molecular complexity index is 482. The van der Waals surface area contributed by atoms with Gasteiger partial charge in [-0.2, -0.15) is 0 Å². The molecule has 2 rings (SSSR count). The van der Waals surface area contributed by atoms with Crippen LogP contribution in [0, 0.1) is 0 Å². The zero-order valence-electron chi connectivity index (χ0n) is 12.7. The summed E-state index contributed by atoms with van der Waals surface area (Å²) in [6, 6.07) is 5.55. The number of nitrogens with one attached hydrogen (secondary N) is 2. The predicted octanol–water partition coefficient (Wildman–Crippen LogP) is 2.51. The van der Waals surface area contributed by atoms with Gasteiger partial charge < -0.3 is 15.5 Å². The Balaban J connectivity index is 0.00000242. The van der Waals surface area contributed by atoms with Crippen LogP contribution >= 0.6 is 35.8 Å². The number of rotatable bonds is 6. The molecule has 0 saturated carbocycles. The fraction of sp³-hybridized carbons (Fsp3) is 0.533. The van der Waals surface area contributed by atoms with Gasteiger partial charge in [0.1, 0.15) is 0 Å². The zero-order valence-corrected chi connectivity index (χ0v) is 15.1. The van der Waals surface area contributed by atoms with Crippen LogP contribution in [0.2, 0.25) is 5.02 Å². The Morgan fingerprint density at radius 3 is 2.82 bits per heavy atom. The number of benzene rings is 1. The van der Waals surface area contributed by atoms with E-state index in [1.54, 1.807) is 17.8 Å². The SMILES string of the molecule is CSc1ccc(Cl)c(C(=O)NCCCN2CCNCC2)c1.Cl. The van der Waals surface area contributed by atoms with Crippen molar-refractivity contribution in [2.75, 3.05) is 45.5 Å². The van der Waals surface area contributed by atoms with Gasteiger partial charge in [-0.05, 0) is 37.4 Å². The van der Waals surface area contributed by atoms with E-state index in [-0.39, 0.29) is 18.3 Å². The number of hydrogen-bond acceptors (Lipinski definition) is 4. The van der Waals surface area contributed by atoms with Crippen molar-refractivity contribution in [3.05, 3.63) is 28.8 Å². The maximum absolute atomic E-state index is 12.2. The summed E-state index contributed by atoms with van der Waals surface area (Å²) in [6.07, 6.45) is 2.95. The van der Waals surface area contributed by atoms with Gasteiger partial charge in [-0.25, -0.2) is 0 Å². The number of halogens is 2. The molecule has 1 fully saturated rings. The lowest BCUT2D eigenvalue weighted by molar-refractivity contribution is 0.0951. The highest BCUT2D eigenvalue weighted by Gasteiger charge is 2.12. The van der Waals surface area contributed by atoms with Crippen molar-refractivity contribution in [1.82, 2.24) is 15.5 Å². The van der Waals surface area contributed by atoms with E-state index < -0.39 is 0 Å². The lowest BCUT2D eigenvalue weighted by atomic mass is 10.2. The molecule has 1 aromatic carbocycles. The first-order chi connectivity index (χ1) is 10.2. The van der Waals surface area contributed by atoms with Crippen molar-refractivity contribution < 1.29 is 4.79 Å². The molecule has 1 heterocycles. The summed E-state index contributed by atoms with van der Waals surface area (Å²) in [5, 5.41) is 6.80. The highest BCUT2D eigenvalue weighted by molar-refractivity contribution is 7.98. The minimum atomic E-state index is -0.0868. The molecule has 1 saturated heterocycles. The Labute approximate surface area is 147 Å². The molecule has 0 radical (unpaired) electrons. The maximum atomic E-state index is 12.2. The van der Waals surface area contributed by atoms with Crippen molar-refractivity contribution in [2.24, 2.45) is 0 Å². The molecule has 1 amide bonds. The third kappa shape index (κ3) is 5.97. The molecule has 0 aliphatic carbocycles. The minimum Gasteiger partial charge on any atom is -0.352 e. The first kappa shape index (κ1) is 19.6. The first-order valence-corrected chi connectivity index (χ1v) is 8.86. The van der Waals surface area contributed by atoms with Crippen LogP contribution in [-0.2, 0) is 0 Å². The molecular weight excluding hydrogens is 341 g/mol. The van der Waals surface area contributed by atoms with Crippen LogP contribution in [0.5, 0.6) is 0 Å². The van der Waals surface area contributed by atoms with Crippen molar-refractivity contribution in [2.45, 2.75) is 11.3 Å². The molecule has 1 aliphatic heterocycles. The number of carbonyl (C=O) groups is 1. The summed E-state index contributed by atoms with van der Waals surface area (Å²) in [5.41, 5.74) is 0.561. The Morgan fingerprint density at radius 1 is 1.41 bits per heavy atom. The van der Waals surface area contributed by atoms with Crippen molar-refractivity contribution in [1.29, 1.82) is 0 Å². The molecular formula is C15H23Cl2N3OS. The molecule has 1 aromatic rings. The number of thioether (sulfide) groups is 1. The van der Waals surface area contributed by atoms with Crippen molar-refractivity contribution >= 4 is 41.7 Å². The van der Waals surface area contributed by atoms with Gasteiger partial charge in [0, 0.05) is 37.6 Å². The van der Waals surface area contributed by atoms with Crippen LogP contribution in [0.15, 0.2) is 23.1 Å². The van der Waals surface area contributed by atoms with E-state index >= 15 is 0 Å². The Morgan fingerprint density at radius 2 is 2.14 bits per heavy atom. The minimum absolute atomic E-state index is 0. The fourth-order valence-electron chi connectivity index (χ4n) is 2.34. The molecule has 124 valence electrons. The van der Waals surface area contributed by atoms with Gasteiger partial charge in [-0.15, -0.1) is 24.2 Å². The van der Waals surface area contributed by atoms with Crippen LogP contribution in [0.25, 0.3) is 0 Å². The molecule has 0 aromatic heterocycles. The molecule has 7 heteroatoms. The molecule has 0 spiro atoms. The van der Waals surface area contributed by atoms with Crippen LogP contribution in [0.4, 0.5) is 0 Å². The number of hydrogen-bond donors (Lipinski definition) is 2. The van der Waals surface area contributed by atoms with Crippen LogP contribution in [-0.4, -0.2) is 56.3 Å². The monoisotopic (exact) mass is 363 g/mol. The molecule has 1 aliphatic rings. The largest absolute Gasteiger partial charge is 0.352 e. The van der Waals surface area contributed by atoms with Gasteiger partial charge in [0.25, 0.3) is 5.91 Å². The number of piperazine rings is 1. The Hall–Kier alpha value is -0.460. The van der Waals surface area contributed by atoms with Crippen LogP contribution < -0.4 is 10.6 Å². The normalized spacial score (nSPS) is 15.2. The highest BCUT2D eigenvalue weighted by atomic mass is 35.5. The van der Waals surface area contributed by atoms with E-state index in [2.05, 4.69) is 15.5 Å². The number of nitrogens with zero attached hydrogens (tertiary/aromatic N) is 1. The lowest BCUT2D eigenvalue weighted by Gasteiger charge is -2.27. The van der Waals surface area contributed by atoms with E-state index in [0.717, 1.165) is 44.0 Å². The average molecular weight is 364 g/mol. The van der Waals surface area contributed by atoms with Crippen molar-refractivity contribution in [3.8, 4) is 0 Å². The summed E-state index contributed by atoms with van der Waals surface area (Å²) >= 11 is 7.70. The number of carbonyl (C=O) groups excluding carboxylic acids is 1. The topological polar surface area (TPSA) is 44.4 Å².